The van der Waals surface area contributed by atoms with Crippen molar-refractivity contribution in [1.29, 1.82) is 0 Å². The van der Waals surface area contributed by atoms with E-state index in [1.165, 1.54) is 50.4 Å². The van der Waals surface area contributed by atoms with Crippen LogP contribution in [0.3, 0.4) is 0 Å². The van der Waals surface area contributed by atoms with Crippen molar-refractivity contribution < 1.29 is 0 Å². The first-order valence-electron chi connectivity index (χ1n) is 8.09. The second-order valence-electron chi connectivity index (χ2n) is 7.55. The minimum absolute atomic E-state index is 0.180. The van der Waals surface area contributed by atoms with Crippen molar-refractivity contribution in [2.75, 3.05) is 51.8 Å². The highest BCUT2D eigenvalue weighted by Crippen LogP contribution is 2.45. The van der Waals surface area contributed by atoms with Gasteiger partial charge in [-0.15, -0.1) is 0 Å². The zero-order valence-corrected chi connectivity index (χ0v) is 14.6. The topological polar surface area (TPSA) is 32.5 Å². The Hall–Kier alpha value is 0.230. The molecule has 0 amide bonds. The van der Waals surface area contributed by atoms with Crippen LogP contribution in [0.2, 0.25) is 0 Å². The van der Waals surface area contributed by atoms with E-state index in [9.17, 15) is 0 Å². The van der Waals surface area contributed by atoms with E-state index >= 15 is 0 Å². The number of thioether (sulfide) groups is 1. The van der Waals surface area contributed by atoms with E-state index in [1.54, 1.807) is 0 Å². The van der Waals surface area contributed by atoms with Crippen molar-refractivity contribution >= 4 is 11.8 Å². The Bertz CT molecular complexity index is 313. The van der Waals surface area contributed by atoms with Crippen LogP contribution in [-0.4, -0.2) is 67.1 Å². The van der Waals surface area contributed by atoms with Gasteiger partial charge in [0, 0.05) is 24.4 Å². The second kappa shape index (κ2) is 6.55. The van der Waals surface area contributed by atoms with Crippen molar-refractivity contribution in [2.45, 2.75) is 38.6 Å². The zero-order chi connectivity index (χ0) is 14.8. The summed E-state index contributed by atoms with van der Waals surface area (Å²) in [6.45, 7) is 9.36. The van der Waals surface area contributed by atoms with Crippen LogP contribution in [0.4, 0.5) is 0 Å². The molecule has 2 fully saturated rings. The van der Waals surface area contributed by atoms with Crippen LogP contribution in [0.5, 0.6) is 0 Å². The molecule has 1 unspecified atom stereocenters. The van der Waals surface area contributed by atoms with E-state index in [0.29, 0.717) is 5.41 Å². The van der Waals surface area contributed by atoms with Gasteiger partial charge in [0.2, 0.25) is 0 Å². The van der Waals surface area contributed by atoms with Crippen molar-refractivity contribution in [2.24, 2.45) is 17.1 Å². The highest BCUT2D eigenvalue weighted by Gasteiger charge is 2.49. The number of rotatable bonds is 4. The molecule has 0 aromatic rings. The van der Waals surface area contributed by atoms with Gasteiger partial charge in [0.1, 0.15) is 0 Å². The first kappa shape index (κ1) is 16.6. The normalized spacial score (nSPS) is 32.7. The first-order valence-corrected chi connectivity index (χ1v) is 9.24. The molecule has 2 N–H and O–H groups in total. The third-order valence-corrected chi connectivity index (χ3v) is 7.09. The van der Waals surface area contributed by atoms with Gasteiger partial charge < -0.3 is 10.6 Å². The van der Waals surface area contributed by atoms with Crippen LogP contribution in [0.15, 0.2) is 0 Å². The molecule has 0 spiro atoms. The molecule has 2 aliphatic heterocycles. The van der Waals surface area contributed by atoms with Gasteiger partial charge in [-0.05, 0) is 63.5 Å². The fourth-order valence-electron chi connectivity index (χ4n) is 3.92. The predicted octanol–water partition coefficient (Wildman–Crippen LogP) is 2.12. The summed E-state index contributed by atoms with van der Waals surface area (Å²) in [5, 5.41) is 0. The summed E-state index contributed by atoms with van der Waals surface area (Å²) in [6, 6.07) is 0. The van der Waals surface area contributed by atoms with Crippen molar-refractivity contribution in [1.82, 2.24) is 9.80 Å². The molecule has 20 heavy (non-hydrogen) atoms. The van der Waals surface area contributed by atoms with Gasteiger partial charge in [-0.1, -0.05) is 13.8 Å². The largest absolute Gasteiger partial charge is 0.329 e. The lowest BCUT2D eigenvalue weighted by molar-refractivity contribution is 0.00432. The lowest BCUT2D eigenvalue weighted by Crippen LogP contribution is -2.65. The molecule has 0 aliphatic carbocycles. The van der Waals surface area contributed by atoms with Gasteiger partial charge in [-0.2, -0.15) is 11.8 Å². The highest BCUT2D eigenvalue weighted by molar-refractivity contribution is 7.99. The molecule has 2 rings (SSSR count). The number of nitrogens with zero attached hydrogens (tertiary/aromatic N) is 2. The lowest BCUT2D eigenvalue weighted by Gasteiger charge is -2.55. The van der Waals surface area contributed by atoms with Crippen LogP contribution in [0, 0.1) is 11.3 Å². The molecule has 0 bridgehead atoms. The van der Waals surface area contributed by atoms with E-state index in [0.717, 1.165) is 12.5 Å². The Morgan fingerprint density at radius 1 is 1.30 bits per heavy atom. The van der Waals surface area contributed by atoms with Gasteiger partial charge >= 0.3 is 0 Å². The molecule has 0 saturated carbocycles. The molecular weight excluding hydrogens is 266 g/mol. The Morgan fingerprint density at radius 3 is 2.50 bits per heavy atom. The lowest BCUT2D eigenvalue weighted by atomic mass is 9.69. The van der Waals surface area contributed by atoms with E-state index in [4.69, 9.17) is 5.73 Å². The third kappa shape index (κ3) is 3.18. The second-order valence-corrected chi connectivity index (χ2v) is 8.65. The molecule has 2 saturated heterocycles. The third-order valence-electron chi connectivity index (χ3n) is 5.91. The minimum atomic E-state index is 0.180. The van der Waals surface area contributed by atoms with Crippen LogP contribution >= 0.6 is 11.8 Å². The summed E-state index contributed by atoms with van der Waals surface area (Å²) < 4.78 is 0. The molecule has 0 radical (unpaired) electrons. The average Bonchev–Trinajstić information content (AvgIpc) is 2.41. The number of hydrogen-bond acceptors (Lipinski definition) is 4. The summed E-state index contributed by atoms with van der Waals surface area (Å²) in [6.07, 6.45) is 3.97. The van der Waals surface area contributed by atoms with E-state index < -0.39 is 0 Å². The first-order chi connectivity index (χ1) is 9.41. The van der Waals surface area contributed by atoms with Gasteiger partial charge in [0.25, 0.3) is 0 Å². The predicted molar refractivity (Wildman–Crippen MR) is 90.4 cm³/mol. The van der Waals surface area contributed by atoms with Crippen LogP contribution < -0.4 is 5.73 Å². The molecule has 118 valence electrons. The summed E-state index contributed by atoms with van der Waals surface area (Å²) >= 11 is 2.09. The van der Waals surface area contributed by atoms with Gasteiger partial charge in [0.15, 0.2) is 0 Å². The molecule has 1 atom stereocenters. The summed E-state index contributed by atoms with van der Waals surface area (Å²) in [5.74, 6) is 3.33. The van der Waals surface area contributed by atoms with E-state index in [-0.39, 0.29) is 5.54 Å². The van der Waals surface area contributed by atoms with E-state index in [2.05, 4.69) is 49.5 Å². The smallest absolute Gasteiger partial charge is 0.0470 e. The van der Waals surface area contributed by atoms with Gasteiger partial charge in [0.05, 0.1) is 0 Å². The van der Waals surface area contributed by atoms with Crippen LogP contribution in [-0.2, 0) is 0 Å². The SMILES string of the molecule is CN1CCC(CN(C)C2(CN)CSCCC2(C)C)CC1. The number of likely N-dealkylation sites (N-methyl/N-ethyl adjacent to an activating group) is 1. The van der Waals surface area contributed by atoms with Crippen LogP contribution in [0.1, 0.15) is 33.1 Å². The number of likely N-dealkylation sites (tertiary alicyclic amines) is 1. The van der Waals surface area contributed by atoms with Gasteiger partial charge in [-0.3, -0.25) is 4.90 Å². The standard InChI is InChI=1S/C16H33N3S/c1-15(2)7-10-20-13-16(15,12-17)19(4)11-14-5-8-18(3)9-6-14/h14H,5-13,17H2,1-4H3. The molecule has 0 aromatic carbocycles. The van der Waals surface area contributed by atoms with Gasteiger partial charge in [-0.25, -0.2) is 0 Å². The number of piperidine rings is 1. The average molecular weight is 300 g/mol. The Morgan fingerprint density at radius 2 is 1.95 bits per heavy atom. The summed E-state index contributed by atoms with van der Waals surface area (Å²) in [5.41, 5.74) is 6.79. The van der Waals surface area contributed by atoms with Crippen molar-refractivity contribution in [3.63, 3.8) is 0 Å². The Labute approximate surface area is 129 Å². The Balaban J connectivity index is 2.03. The minimum Gasteiger partial charge on any atom is -0.329 e. The Kier molecular flexibility index (Phi) is 5.44. The molecular formula is C16H33N3S. The zero-order valence-electron chi connectivity index (χ0n) is 13.8. The maximum atomic E-state index is 6.28. The fourth-order valence-corrected chi connectivity index (χ4v) is 5.79. The highest BCUT2D eigenvalue weighted by atomic mass is 32.2. The monoisotopic (exact) mass is 299 g/mol. The molecule has 2 heterocycles. The molecule has 3 nitrogen and oxygen atoms in total. The molecule has 0 aromatic heterocycles. The molecule has 2 aliphatic rings. The fraction of sp³-hybridized carbons (Fsp3) is 1.00. The number of hydrogen-bond donors (Lipinski definition) is 1. The van der Waals surface area contributed by atoms with Crippen molar-refractivity contribution in [3.8, 4) is 0 Å². The molecule has 4 heteroatoms. The quantitative estimate of drug-likeness (QED) is 0.862. The maximum Gasteiger partial charge on any atom is 0.0470 e. The van der Waals surface area contributed by atoms with Crippen LogP contribution in [0.25, 0.3) is 0 Å². The number of nitrogens with two attached hydrogens (primary N) is 1. The summed E-state index contributed by atoms with van der Waals surface area (Å²) in [4.78, 5) is 5.07. The maximum absolute atomic E-state index is 6.28. The summed E-state index contributed by atoms with van der Waals surface area (Å²) in [7, 11) is 4.56. The van der Waals surface area contributed by atoms with Crippen molar-refractivity contribution in [3.05, 3.63) is 0 Å². The van der Waals surface area contributed by atoms with E-state index in [1.807, 2.05) is 0 Å².